The van der Waals surface area contributed by atoms with Gasteiger partial charge in [-0.2, -0.15) is 0 Å². The summed E-state index contributed by atoms with van der Waals surface area (Å²) in [6.45, 7) is 2.21. The van der Waals surface area contributed by atoms with E-state index in [-0.39, 0.29) is 11.7 Å². The summed E-state index contributed by atoms with van der Waals surface area (Å²) in [5, 5.41) is 2.79. The van der Waals surface area contributed by atoms with Gasteiger partial charge in [0, 0.05) is 6.07 Å². The van der Waals surface area contributed by atoms with Crippen LogP contribution in [-0.4, -0.2) is 19.2 Å². The predicted octanol–water partition coefficient (Wildman–Crippen LogP) is 5.08. The van der Waals surface area contributed by atoms with Gasteiger partial charge in [-0.1, -0.05) is 30.3 Å². The molecule has 7 heteroatoms. The Balaban J connectivity index is 1.65. The number of carbonyl (C=O) groups excluding carboxylic acids is 2. The first kappa shape index (κ1) is 19.3. The summed E-state index contributed by atoms with van der Waals surface area (Å²) >= 11 is 0. The quantitative estimate of drug-likeness (QED) is 0.482. The number of fused-ring (bicyclic) bond motifs is 2. The fourth-order valence-electron chi connectivity index (χ4n) is 3.07. The molecule has 0 aromatic heterocycles. The van der Waals surface area contributed by atoms with Gasteiger partial charge in [-0.15, -0.1) is 0 Å². The number of aryl methyl sites for hydroxylation is 1. The van der Waals surface area contributed by atoms with Crippen LogP contribution in [0.4, 0.5) is 10.5 Å². The molecule has 1 N–H and O–H groups in total. The van der Waals surface area contributed by atoms with Crippen molar-refractivity contribution in [3.8, 4) is 23.0 Å². The molecule has 3 aromatic carbocycles. The standard InChI is InChI=1S/C23H19NO6/c1-14-10-19(28-13-15-6-4-3-5-7-15)21-20(11-14)30-18-9-8-16(29-23(26)27-2)12-17(18)24-22(21)25/h3-12H,13H2,1-2H3,(H,24,25). The highest BCUT2D eigenvalue weighted by atomic mass is 16.7. The first-order chi connectivity index (χ1) is 14.5. The van der Waals surface area contributed by atoms with Crippen LogP contribution >= 0.6 is 0 Å². The summed E-state index contributed by atoms with van der Waals surface area (Å²) in [6.07, 6.45) is -0.855. The molecule has 0 aliphatic carbocycles. The normalized spacial score (nSPS) is 11.9. The molecule has 0 unspecified atom stereocenters. The first-order valence-corrected chi connectivity index (χ1v) is 9.24. The Kier molecular flexibility index (Phi) is 5.26. The Labute approximate surface area is 173 Å². The SMILES string of the molecule is COC(=O)Oc1ccc2c(c1)NC(=O)c1c(OCc3ccccc3)cc(C)cc1O2. The van der Waals surface area contributed by atoms with Crippen molar-refractivity contribution >= 4 is 17.7 Å². The summed E-state index contributed by atoms with van der Waals surface area (Å²) in [5.41, 5.74) is 2.53. The molecular formula is C23H19NO6. The van der Waals surface area contributed by atoms with Crippen molar-refractivity contribution in [2.45, 2.75) is 13.5 Å². The molecule has 3 aromatic rings. The molecule has 1 amide bonds. The molecular weight excluding hydrogens is 386 g/mol. The van der Waals surface area contributed by atoms with Crippen molar-refractivity contribution in [2.75, 3.05) is 12.4 Å². The molecule has 1 aliphatic rings. The first-order valence-electron chi connectivity index (χ1n) is 9.24. The van der Waals surface area contributed by atoms with Crippen LogP contribution in [0.25, 0.3) is 0 Å². The Morgan fingerprint density at radius 2 is 1.83 bits per heavy atom. The second-order valence-electron chi connectivity index (χ2n) is 6.68. The van der Waals surface area contributed by atoms with Crippen molar-refractivity contribution in [3.05, 3.63) is 77.4 Å². The fourth-order valence-corrected chi connectivity index (χ4v) is 3.07. The second-order valence-corrected chi connectivity index (χ2v) is 6.68. The second kappa shape index (κ2) is 8.16. The number of ether oxygens (including phenoxy) is 4. The van der Waals surface area contributed by atoms with Gasteiger partial charge in [-0.25, -0.2) is 4.79 Å². The number of amides is 1. The summed E-state index contributed by atoms with van der Waals surface area (Å²) in [5.74, 6) is 1.05. The van der Waals surface area contributed by atoms with Gasteiger partial charge in [-0.05, 0) is 42.3 Å². The summed E-state index contributed by atoms with van der Waals surface area (Å²) in [6, 6.07) is 17.9. The minimum Gasteiger partial charge on any atom is -0.488 e. The number of benzene rings is 3. The molecule has 0 spiro atoms. The van der Waals surface area contributed by atoms with E-state index < -0.39 is 6.16 Å². The summed E-state index contributed by atoms with van der Waals surface area (Å²) in [4.78, 5) is 24.3. The van der Waals surface area contributed by atoms with Crippen LogP contribution in [0.15, 0.2) is 60.7 Å². The highest BCUT2D eigenvalue weighted by Crippen LogP contribution is 2.41. The molecule has 1 heterocycles. The molecule has 152 valence electrons. The third-order valence-corrected chi connectivity index (χ3v) is 4.46. The Morgan fingerprint density at radius 3 is 2.60 bits per heavy atom. The van der Waals surface area contributed by atoms with E-state index in [0.29, 0.717) is 35.1 Å². The van der Waals surface area contributed by atoms with E-state index in [2.05, 4.69) is 10.1 Å². The number of methoxy groups -OCH3 is 1. The maximum absolute atomic E-state index is 13.0. The fraction of sp³-hybridized carbons (Fsp3) is 0.130. The Hall–Kier alpha value is -4.00. The molecule has 0 saturated carbocycles. The molecule has 0 radical (unpaired) electrons. The number of hydrogen-bond donors (Lipinski definition) is 1. The maximum atomic E-state index is 13.0. The van der Waals surface area contributed by atoms with E-state index in [1.165, 1.54) is 13.2 Å². The molecule has 1 aliphatic heterocycles. The van der Waals surface area contributed by atoms with Gasteiger partial charge < -0.3 is 24.3 Å². The van der Waals surface area contributed by atoms with Crippen LogP contribution < -0.4 is 19.5 Å². The Morgan fingerprint density at radius 1 is 1.03 bits per heavy atom. The predicted molar refractivity (Wildman–Crippen MR) is 109 cm³/mol. The number of nitrogens with one attached hydrogen (secondary N) is 1. The van der Waals surface area contributed by atoms with Gasteiger partial charge in [0.15, 0.2) is 5.75 Å². The van der Waals surface area contributed by atoms with E-state index in [9.17, 15) is 9.59 Å². The molecule has 0 saturated heterocycles. The van der Waals surface area contributed by atoms with Gasteiger partial charge >= 0.3 is 6.16 Å². The summed E-state index contributed by atoms with van der Waals surface area (Å²) < 4.78 is 21.5. The highest BCUT2D eigenvalue weighted by molar-refractivity contribution is 6.10. The molecule has 0 bridgehead atoms. The average molecular weight is 405 g/mol. The largest absolute Gasteiger partial charge is 0.513 e. The van der Waals surface area contributed by atoms with Gasteiger partial charge in [0.05, 0.1) is 12.8 Å². The zero-order valence-electron chi connectivity index (χ0n) is 16.4. The smallest absolute Gasteiger partial charge is 0.488 e. The van der Waals surface area contributed by atoms with Crippen LogP contribution in [0.3, 0.4) is 0 Å². The zero-order valence-corrected chi connectivity index (χ0v) is 16.4. The van der Waals surface area contributed by atoms with E-state index in [0.717, 1.165) is 11.1 Å². The lowest BCUT2D eigenvalue weighted by Crippen LogP contribution is -2.13. The van der Waals surface area contributed by atoms with Crippen LogP contribution in [0, 0.1) is 6.92 Å². The van der Waals surface area contributed by atoms with Crippen molar-refractivity contribution in [1.29, 1.82) is 0 Å². The van der Waals surface area contributed by atoms with Gasteiger partial charge in [0.25, 0.3) is 5.91 Å². The van der Waals surface area contributed by atoms with Crippen molar-refractivity contribution in [1.82, 2.24) is 0 Å². The molecule has 4 rings (SSSR count). The van der Waals surface area contributed by atoms with E-state index in [1.54, 1.807) is 24.3 Å². The average Bonchev–Trinajstić information content (AvgIpc) is 2.87. The van der Waals surface area contributed by atoms with E-state index >= 15 is 0 Å². The maximum Gasteiger partial charge on any atom is 0.513 e. The molecule has 0 atom stereocenters. The highest BCUT2D eigenvalue weighted by Gasteiger charge is 2.26. The van der Waals surface area contributed by atoms with Crippen molar-refractivity contribution in [3.63, 3.8) is 0 Å². The van der Waals surface area contributed by atoms with Gasteiger partial charge in [0.1, 0.15) is 29.4 Å². The molecule has 0 fully saturated rings. The lowest BCUT2D eigenvalue weighted by Gasteiger charge is -2.14. The molecule has 7 nitrogen and oxygen atoms in total. The third kappa shape index (κ3) is 4.05. The van der Waals surface area contributed by atoms with Crippen molar-refractivity contribution < 1.29 is 28.5 Å². The van der Waals surface area contributed by atoms with Gasteiger partial charge in [0.2, 0.25) is 0 Å². The van der Waals surface area contributed by atoms with Crippen LogP contribution in [0.5, 0.6) is 23.0 Å². The minimum absolute atomic E-state index is 0.215. The van der Waals surface area contributed by atoms with Gasteiger partial charge in [-0.3, -0.25) is 4.79 Å². The third-order valence-electron chi connectivity index (χ3n) is 4.46. The van der Waals surface area contributed by atoms with Crippen LogP contribution in [-0.2, 0) is 11.3 Å². The zero-order chi connectivity index (χ0) is 21.1. The lowest BCUT2D eigenvalue weighted by atomic mass is 10.1. The minimum atomic E-state index is -0.855. The number of rotatable bonds is 4. The van der Waals surface area contributed by atoms with Crippen LogP contribution in [0.2, 0.25) is 0 Å². The number of anilines is 1. The van der Waals surface area contributed by atoms with E-state index in [4.69, 9.17) is 14.2 Å². The number of hydrogen-bond acceptors (Lipinski definition) is 6. The topological polar surface area (TPSA) is 83.1 Å². The Bertz CT molecular complexity index is 1110. The molecule has 30 heavy (non-hydrogen) atoms. The summed E-state index contributed by atoms with van der Waals surface area (Å²) in [7, 11) is 1.21. The monoisotopic (exact) mass is 405 g/mol. The lowest BCUT2D eigenvalue weighted by molar-refractivity contribution is 0.102. The van der Waals surface area contributed by atoms with Crippen molar-refractivity contribution in [2.24, 2.45) is 0 Å². The van der Waals surface area contributed by atoms with Crippen LogP contribution in [0.1, 0.15) is 21.5 Å². The number of carbonyl (C=O) groups is 2. The van der Waals surface area contributed by atoms with E-state index in [1.807, 2.05) is 37.3 Å².